The van der Waals surface area contributed by atoms with Gasteiger partial charge in [-0.1, -0.05) is 6.07 Å². The van der Waals surface area contributed by atoms with Crippen LogP contribution in [0.3, 0.4) is 0 Å². The Bertz CT molecular complexity index is 893. The van der Waals surface area contributed by atoms with Crippen molar-refractivity contribution in [1.29, 1.82) is 0 Å². The molecule has 0 atom stereocenters. The van der Waals surface area contributed by atoms with Gasteiger partial charge in [-0.25, -0.2) is 13.4 Å². The molecular formula is C15H15N3O2S. The van der Waals surface area contributed by atoms with Crippen molar-refractivity contribution < 1.29 is 8.42 Å². The molecule has 2 N–H and O–H groups in total. The van der Waals surface area contributed by atoms with Gasteiger partial charge in [-0.15, -0.1) is 0 Å². The maximum atomic E-state index is 12.5. The van der Waals surface area contributed by atoms with E-state index in [1.54, 1.807) is 30.5 Å². The van der Waals surface area contributed by atoms with Crippen LogP contribution in [0.15, 0.2) is 47.6 Å². The summed E-state index contributed by atoms with van der Waals surface area (Å²) in [5.41, 5.74) is 3.13. The first-order chi connectivity index (χ1) is 9.95. The maximum Gasteiger partial charge on any atom is 0.264 e. The third-order valence-electron chi connectivity index (χ3n) is 3.18. The van der Waals surface area contributed by atoms with Crippen LogP contribution < -0.4 is 4.72 Å². The van der Waals surface area contributed by atoms with Crippen LogP contribution in [0.5, 0.6) is 0 Å². The Morgan fingerprint density at radius 1 is 1.14 bits per heavy atom. The second kappa shape index (κ2) is 4.89. The van der Waals surface area contributed by atoms with Crippen LogP contribution >= 0.6 is 0 Å². The molecule has 0 radical (unpaired) electrons. The molecular weight excluding hydrogens is 286 g/mol. The fraction of sp³-hybridized carbons (Fsp3) is 0.133. The van der Waals surface area contributed by atoms with Gasteiger partial charge < -0.3 is 4.98 Å². The van der Waals surface area contributed by atoms with E-state index in [1.165, 1.54) is 6.20 Å². The number of hydrogen-bond donors (Lipinski definition) is 2. The summed E-state index contributed by atoms with van der Waals surface area (Å²) in [5.74, 6) is 0. The molecule has 0 aliphatic carbocycles. The highest BCUT2D eigenvalue weighted by atomic mass is 32.2. The molecule has 0 aliphatic rings. The Balaban J connectivity index is 2.04. The summed E-state index contributed by atoms with van der Waals surface area (Å²) >= 11 is 0. The molecule has 1 aromatic carbocycles. The predicted octanol–water partition coefficient (Wildman–Crippen LogP) is 2.98. The number of aromatic nitrogens is 2. The zero-order chi connectivity index (χ0) is 15.0. The van der Waals surface area contributed by atoms with Crippen LogP contribution in [0, 0.1) is 13.8 Å². The lowest BCUT2D eigenvalue weighted by molar-refractivity contribution is 0.602. The van der Waals surface area contributed by atoms with Gasteiger partial charge in [0.2, 0.25) is 0 Å². The topological polar surface area (TPSA) is 74.8 Å². The number of nitrogens with zero attached hydrogens (tertiary/aromatic N) is 1. The molecule has 6 heteroatoms. The highest BCUT2D eigenvalue weighted by Crippen LogP contribution is 2.24. The van der Waals surface area contributed by atoms with Gasteiger partial charge in [0, 0.05) is 23.5 Å². The summed E-state index contributed by atoms with van der Waals surface area (Å²) in [7, 11) is -3.65. The summed E-state index contributed by atoms with van der Waals surface area (Å²) < 4.78 is 27.7. The molecule has 2 aromatic heterocycles. The molecule has 108 valence electrons. The molecule has 0 amide bonds. The molecule has 0 fully saturated rings. The number of aryl methyl sites for hydroxylation is 2. The molecule has 0 spiro atoms. The number of hydrogen-bond acceptors (Lipinski definition) is 3. The first kappa shape index (κ1) is 13.6. The Morgan fingerprint density at radius 2 is 1.86 bits per heavy atom. The standard InChI is InChI=1S/C15H15N3O2S/c1-10-6-11(2)8-12(7-10)18-21(19,20)14-9-17-15-13(14)4-3-5-16-15/h3-9,18H,1-2H3,(H,16,17). The number of anilines is 1. The van der Waals surface area contributed by atoms with Crippen molar-refractivity contribution in [1.82, 2.24) is 9.97 Å². The first-order valence-corrected chi connectivity index (χ1v) is 7.97. The van der Waals surface area contributed by atoms with Crippen LogP contribution in [0.25, 0.3) is 11.0 Å². The fourth-order valence-electron chi connectivity index (χ4n) is 2.40. The average molecular weight is 301 g/mol. The molecule has 3 aromatic rings. The van der Waals surface area contributed by atoms with E-state index >= 15 is 0 Å². The van der Waals surface area contributed by atoms with Crippen molar-refractivity contribution in [2.45, 2.75) is 18.7 Å². The number of nitrogens with one attached hydrogen (secondary N) is 2. The van der Waals surface area contributed by atoms with Gasteiger partial charge in [0.05, 0.1) is 0 Å². The van der Waals surface area contributed by atoms with Gasteiger partial charge in [-0.3, -0.25) is 4.72 Å². The molecule has 0 aliphatic heterocycles. The normalized spacial score (nSPS) is 11.7. The molecule has 21 heavy (non-hydrogen) atoms. The lowest BCUT2D eigenvalue weighted by atomic mass is 10.1. The highest BCUT2D eigenvalue weighted by Gasteiger charge is 2.19. The number of rotatable bonds is 3. The Kier molecular flexibility index (Phi) is 3.17. The number of fused-ring (bicyclic) bond motifs is 1. The minimum Gasteiger partial charge on any atom is -0.345 e. The van der Waals surface area contributed by atoms with Gasteiger partial charge in [0.25, 0.3) is 10.0 Å². The summed E-state index contributed by atoms with van der Waals surface area (Å²) in [6.45, 7) is 3.86. The fourth-order valence-corrected chi connectivity index (χ4v) is 3.60. The van der Waals surface area contributed by atoms with E-state index in [9.17, 15) is 8.42 Å². The summed E-state index contributed by atoms with van der Waals surface area (Å²) in [4.78, 5) is 7.17. The SMILES string of the molecule is Cc1cc(C)cc(NS(=O)(=O)c2c[nH]c3ncccc23)c1. The zero-order valence-electron chi connectivity index (χ0n) is 11.7. The second-order valence-electron chi connectivity index (χ2n) is 5.03. The molecule has 5 nitrogen and oxygen atoms in total. The van der Waals surface area contributed by atoms with Gasteiger partial charge in [0.15, 0.2) is 0 Å². The van der Waals surface area contributed by atoms with Crippen LogP contribution in [-0.4, -0.2) is 18.4 Å². The zero-order valence-corrected chi connectivity index (χ0v) is 12.5. The van der Waals surface area contributed by atoms with Crippen molar-refractivity contribution in [3.05, 3.63) is 53.9 Å². The van der Waals surface area contributed by atoms with Gasteiger partial charge in [0.1, 0.15) is 10.5 Å². The maximum absolute atomic E-state index is 12.5. The summed E-state index contributed by atoms with van der Waals surface area (Å²) in [6, 6.07) is 9.05. The van der Waals surface area contributed by atoms with E-state index < -0.39 is 10.0 Å². The molecule has 0 bridgehead atoms. The van der Waals surface area contributed by atoms with Crippen LogP contribution in [-0.2, 0) is 10.0 Å². The third kappa shape index (κ3) is 2.62. The Labute approximate surface area is 123 Å². The first-order valence-electron chi connectivity index (χ1n) is 6.49. The van der Waals surface area contributed by atoms with E-state index in [4.69, 9.17) is 0 Å². The van der Waals surface area contributed by atoms with Gasteiger partial charge in [-0.05, 0) is 49.2 Å². The molecule has 0 saturated carbocycles. The van der Waals surface area contributed by atoms with E-state index in [1.807, 2.05) is 19.9 Å². The Morgan fingerprint density at radius 3 is 2.57 bits per heavy atom. The largest absolute Gasteiger partial charge is 0.345 e. The lowest BCUT2D eigenvalue weighted by Crippen LogP contribution is -2.12. The quantitative estimate of drug-likeness (QED) is 0.781. The highest BCUT2D eigenvalue weighted by molar-refractivity contribution is 7.93. The van der Waals surface area contributed by atoms with Crippen molar-refractivity contribution >= 4 is 26.7 Å². The Hall–Kier alpha value is -2.34. The molecule has 0 unspecified atom stereocenters. The minimum absolute atomic E-state index is 0.199. The number of aromatic amines is 1. The summed E-state index contributed by atoms with van der Waals surface area (Å²) in [6.07, 6.45) is 3.08. The van der Waals surface area contributed by atoms with Crippen molar-refractivity contribution in [2.75, 3.05) is 4.72 Å². The van der Waals surface area contributed by atoms with E-state index in [0.29, 0.717) is 16.7 Å². The number of pyridine rings is 1. The van der Waals surface area contributed by atoms with Crippen LogP contribution in [0.4, 0.5) is 5.69 Å². The molecule has 2 heterocycles. The van der Waals surface area contributed by atoms with E-state index in [0.717, 1.165) is 11.1 Å². The van der Waals surface area contributed by atoms with E-state index in [2.05, 4.69) is 14.7 Å². The molecule has 0 saturated heterocycles. The number of benzene rings is 1. The van der Waals surface area contributed by atoms with Crippen LogP contribution in [0.1, 0.15) is 11.1 Å². The minimum atomic E-state index is -3.65. The van der Waals surface area contributed by atoms with Crippen molar-refractivity contribution in [3.8, 4) is 0 Å². The lowest BCUT2D eigenvalue weighted by Gasteiger charge is -2.09. The average Bonchev–Trinajstić information content (AvgIpc) is 2.81. The van der Waals surface area contributed by atoms with Gasteiger partial charge >= 0.3 is 0 Å². The number of H-pyrrole nitrogens is 1. The monoisotopic (exact) mass is 301 g/mol. The van der Waals surface area contributed by atoms with Crippen molar-refractivity contribution in [2.24, 2.45) is 0 Å². The third-order valence-corrected chi connectivity index (χ3v) is 4.60. The van der Waals surface area contributed by atoms with Gasteiger partial charge in [-0.2, -0.15) is 0 Å². The van der Waals surface area contributed by atoms with Crippen LogP contribution in [0.2, 0.25) is 0 Å². The van der Waals surface area contributed by atoms with E-state index in [-0.39, 0.29) is 4.90 Å². The predicted molar refractivity (Wildman–Crippen MR) is 82.8 cm³/mol. The molecule has 3 rings (SSSR count). The smallest absolute Gasteiger partial charge is 0.264 e. The second-order valence-corrected chi connectivity index (χ2v) is 6.69. The summed E-state index contributed by atoms with van der Waals surface area (Å²) in [5, 5.41) is 0.578. The number of sulfonamides is 1. The van der Waals surface area contributed by atoms with Crippen molar-refractivity contribution in [3.63, 3.8) is 0 Å².